The molecule has 1 aliphatic carbocycles. The highest BCUT2D eigenvalue weighted by molar-refractivity contribution is 6.04. The van der Waals surface area contributed by atoms with Gasteiger partial charge in [0.2, 0.25) is 0 Å². The number of alkyl halides is 6. The molecule has 0 unspecified atom stereocenters. The number of nitrogens with zero attached hydrogens (tertiary/aromatic N) is 2. The number of hydrogen-bond donors (Lipinski definition) is 0. The van der Waals surface area contributed by atoms with Gasteiger partial charge in [-0.25, -0.2) is 0 Å². The molecule has 0 N–H and O–H groups in total. The monoisotopic (exact) mass is 810 g/mol. The van der Waals surface area contributed by atoms with Gasteiger partial charge in [0.1, 0.15) is 0 Å². The molecule has 0 aromatic heterocycles. The van der Waals surface area contributed by atoms with Gasteiger partial charge in [0.05, 0.1) is 45.3 Å². The number of halogens is 6. The Balaban J connectivity index is 1.39. The van der Waals surface area contributed by atoms with E-state index < -0.39 is 23.5 Å². The van der Waals surface area contributed by atoms with Gasteiger partial charge in [-0.3, -0.25) is 0 Å². The molecule has 2 heterocycles. The number of anilines is 6. The van der Waals surface area contributed by atoms with Crippen LogP contribution in [0, 0.1) is 0 Å². The maximum absolute atomic E-state index is 14.2. The summed E-state index contributed by atoms with van der Waals surface area (Å²) in [5, 5.41) is 0. The van der Waals surface area contributed by atoms with Crippen LogP contribution in [0.3, 0.4) is 0 Å². The highest BCUT2D eigenvalue weighted by Gasteiger charge is 2.38. The van der Waals surface area contributed by atoms with Crippen molar-refractivity contribution in [2.75, 3.05) is 9.80 Å². The quantitative estimate of drug-likeness (QED) is 0.162. The summed E-state index contributed by atoms with van der Waals surface area (Å²) >= 11 is 0. The SMILES string of the molecule is FC(F)(F)c1ccc(-c2c(N3c4ccccc4Oc4ccccc43)cc(N3c4ccccc4Oc4ccccc43)c(-c3ccc(C(F)(F)F)cc3)c2C2CCCCC2)cc1. The minimum Gasteiger partial charge on any atom is -0.453 e. The van der Waals surface area contributed by atoms with Gasteiger partial charge >= 0.3 is 12.4 Å². The van der Waals surface area contributed by atoms with Crippen molar-refractivity contribution in [2.45, 2.75) is 50.4 Å². The summed E-state index contributed by atoms with van der Waals surface area (Å²) < 4.78 is 98.0. The fraction of sp³-hybridized carbons (Fsp3) is 0.160. The summed E-state index contributed by atoms with van der Waals surface area (Å²) in [5.41, 5.74) is 5.97. The third-order valence-electron chi connectivity index (χ3n) is 11.7. The zero-order chi connectivity index (χ0) is 41.2. The molecule has 2 aliphatic heterocycles. The highest BCUT2D eigenvalue weighted by Crippen LogP contribution is 2.60. The van der Waals surface area contributed by atoms with Crippen LogP contribution in [-0.4, -0.2) is 0 Å². The van der Waals surface area contributed by atoms with Crippen molar-refractivity contribution < 1.29 is 35.8 Å². The summed E-state index contributed by atoms with van der Waals surface area (Å²) in [6.45, 7) is 0. The molecular formula is C50H36F6N2O2. The Hall–Kier alpha value is -6.68. The summed E-state index contributed by atoms with van der Waals surface area (Å²) in [7, 11) is 0. The first-order valence-corrected chi connectivity index (χ1v) is 19.9. The van der Waals surface area contributed by atoms with E-state index in [0.29, 0.717) is 56.6 Å². The van der Waals surface area contributed by atoms with E-state index in [4.69, 9.17) is 9.47 Å². The van der Waals surface area contributed by atoms with Gasteiger partial charge in [0.15, 0.2) is 23.0 Å². The number of rotatable bonds is 5. The fourth-order valence-corrected chi connectivity index (χ4v) is 9.01. The Morgan fingerprint density at radius 3 is 1.07 bits per heavy atom. The van der Waals surface area contributed by atoms with Crippen LogP contribution in [0.2, 0.25) is 0 Å². The second kappa shape index (κ2) is 14.5. The number of hydrogen-bond acceptors (Lipinski definition) is 4. The molecule has 300 valence electrons. The van der Waals surface area contributed by atoms with E-state index in [1.165, 1.54) is 24.3 Å². The predicted molar refractivity (Wildman–Crippen MR) is 223 cm³/mol. The van der Waals surface area contributed by atoms with Gasteiger partial charge < -0.3 is 19.3 Å². The van der Waals surface area contributed by atoms with E-state index in [9.17, 15) is 26.3 Å². The van der Waals surface area contributed by atoms with Gasteiger partial charge in [-0.2, -0.15) is 26.3 Å². The van der Waals surface area contributed by atoms with Gasteiger partial charge in [0.25, 0.3) is 0 Å². The molecule has 7 aromatic carbocycles. The largest absolute Gasteiger partial charge is 0.453 e. The first-order valence-electron chi connectivity index (χ1n) is 19.9. The number of fused-ring (bicyclic) bond motifs is 4. The smallest absolute Gasteiger partial charge is 0.416 e. The average molecular weight is 811 g/mol. The van der Waals surface area contributed by atoms with Crippen LogP contribution < -0.4 is 19.3 Å². The van der Waals surface area contributed by atoms with Gasteiger partial charge in [-0.05, 0) is 114 Å². The Bertz CT molecular complexity index is 2470. The van der Waals surface area contributed by atoms with Crippen molar-refractivity contribution in [3.8, 4) is 45.3 Å². The molecule has 10 heteroatoms. The summed E-state index contributed by atoms with van der Waals surface area (Å²) in [6.07, 6.45) is -4.74. The second-order valence-corrected chi connectivity index (χ2v) is 15.3. The lowest BCUT2D eigenvalue weighted by Gasteiger charge is -2.40. The lowest BCUT2D eigenvalue weighted by Crippen LogP contribution is -2.22. The molecule has 0 atom stereocenters. The van der Waals surface area contributed by atoms with Crippen molar-refractivity contribution in [1.82, 2.24) is 0 Å². The fourth-order valence-electron chi connectivity index (χ4n) is 9.01. The van der Waals surface area contributed by atoms with E-state index in [1.807, 2.05) is 103 Å². The minimum absolute atomic E-state index is 0.106. The Morgan fingerprint density at radius 1 is 0.400 bits per heavy atom. The first kappa shape index (κ1) is 37.6. The van der Waals surface area contributed by atoms with E-state index in [1.54, 1.807) is 0 Å². The zero-order valence-electron chi connectivity index (χ0n) is 32.0. The molecule has 1 saturated carbocycles. The highest BCUT2D eigenvalue weighted by atomic mass is 19.4. The van der Waals surface area contributed by atoms with E-state index in [2.05, 4.69) is 9.80 Å². The molecular weight excluding hydrogens is 775 g/mol. The summed E-state index contributed by atoms with van der Waals surface area (Å²) in [6, 6.07) is 43.0. The standard InChI is InChI=1S/C50H36F6N2O2/c51-49(52,53)34-26-22-32(23-27-34)46-40(57-36-14-4-8-18-42(36)59-43-19-9-5-15-37(43)57)30-41(58-38-16-6-10-20-44(38)60-45-21-11-7-17-39(45)58)47(48(46)31-12-2-1-3-13-31)33-24-28-35(29-25-33)50(54,55)56/h4-11,14-31H,1-3,12-13H2. The second-order valence-electron chi connectivity index (χ2n) is 15.3. The third-order valence-corrected chi connectivity index (χ3v) is 11.7. The topological polar surface area (TPSA) is 24.9 Å². The summed E-state index contributed by atoms with van der Waals surface area (Å²) in [5.74, 6) is 2.24. The minimum atomic E-state index is -4.57. The lowest BCUT2D eigenvalue weighted by molar-refractivity contribution is -0.138. The van der Waals surface area contributed by atoms with Crippen LogP contribution in [-0.2, 0) is 12.4 Å². The molecule has 60 heavy (non-hydrogen) atoms. The molecule has 1 fully saturated rings. The van der Waals surface area contributed by atoms with Crippen LogP contribution in [0.15, 0.2) is 152 Å². The molecule has 10 rings (SSSR count). The maximum atomic E-state index is 14.2. The van der Waals surface area contributed by atoms with E-state index >= 15 is 0 Å². The van der Waals surface area contributed by atoms with E-state index in [0.717, 1.165) is 84.7 Å². The van der Waals surface area contributed by atoms with E-state index in [-0.39, 0.29) is 5.92 Å². The predicted octanol–water partition coefficient (Wildman–Crippen LogP) is 16.3. The van der Waals surface area contributed by atoms with Crippen molar-refractivity contribution in [1.29, 1.82) is 0 Å². The average Bonchev–Trinajstić information content (AvgIpc) is 3.26. The zero-order valence-corrected chi connectivity index (χ0v) is 32.0. The molecule has 7 aromatic rings. The summed E-state index contributed by atoms with van der Waals surface area (Å²) in [4.78, 5) is 4.21. The number of para-hydroxylation sites is 8. The first-order chi connectivity index (χ1) is 29.0. The Kier molecular flexibility index (Phi) is 9.11. The molecule has 4 nitrogen and oxygen atoms in total. The molecule has 0 spiro atoms. The van der Waals surface area contributed by atoms with Crippen LogP contribution in [0.1, 0.15) is 54.7 Å². The molecule has 0 radical (unpaired) electrons. The van der Waals surface area contributed by atoms with Gasteiger partial charge in [0, 0.05) is 11.1 Å². The van der Waals surface area contributed by atoms with Crippen molar-refractivity contribution in [2.24, 2.45) is 0 Å². The van der Waals surface area contributed by atoms with Crippen LogP contribution in [0.5, 0.6) is 23.0 Å². The van der Waals surface area contributed by atoms with Crippen LogP contribution in [0.25, 0.3) is 22.3 Å². The van der Waals surface area contributed by atoms with Gasteiger partial charge in [-0.15, -0.1) is 0 Å². The maximum Gasteiger partial charge on any atom is 0.416 e. The van der Waals surface area contributed by atoms with Crippen LogP contribution >= 0.6 is 0 Å². The van der Waals surface area contributed by atoms with Crippen molar-refractivity contribution in [3.05, 3.63) is 168 Å². The normalized spacial score (nSPS) is 15.0. The van der Waals surface area contributed by atoms with Gasteiger partial charge in [-0.1, -0.05) is 92.1 Å². The Labute approximate surface area is 342 Å². The number of benzene rings is 7. The van der Waals surface area contributed by atoms with Crippen LogP contribution in [0.4, 0.5) is 60.5 Å². The molecule has 0 saturated heterocycles. The third kappa shape index (κ3) is 6.51. The lowest BCUT2D eigenvalue weighted by atomic mass is 9.75. The molecule has 0 bridgehead atoms. The number of ether oxygens (including phenoxy) is 2. The van der Waals surface area contributed by atoms with Crippen molar-refractivity contribution >= 4 is 34.1 Å². The Morgan fingerprint density at radius 2 is 0.733 bits per heavy atom. The molecule has 0 amide bonds. The molecule has 3 aliphatic rings. The van der Waals surface area contributed by atoms with Crippen molar-refractivity contribution in [3.63, 3.8) is 0 Å².